The van der Waals surface area contributed by atoms with Crippen LogP contribution in [-0.4, -0.2) is 56.7 Å². The highest BCUT2D eigenvalue weighted by Gasteiger charge is 2.38. The number of carbonyl (C=O) groups is 3. The first-order valence-corrected chi connectivity index (χ1v) is 12.7. The van der Waals surface area contributed by atoms with E-state index in [1.165, 1.54) is 0 Å². The molecule has 8 heteroatoms. The minimum Gasteiger partial charge on any atom is -0.366 e. The van der Waals surface area contributed by atoms with E-state index in [2.05, 4.69) is 17.2 Å². The zero-order valence-corrected chi connectivity index (χ0v) is 21.0. The van der Waals surface area contributed by atoms with E-state index in [1.54, 1.807) is 24.5 Å². The molecular weight excluding hydrogens is 454 g/mol. The van der Waals surface area contributed by atoms with Crippen molar-refractivity contribution in [2.75, 3.05) is 6.54 Å². The number of fused-ring (bicyclic) bond motifs is 1. The van der Waals surface area contributed by atoms with Gasteiger partial charge in [0.05, 0.1) is 29.0 Å². The summed E-state index contributed by atoms with van der Waals surface area (Å²) in [5, 5.41) is 4.20. The summed E-state index contributed by atoms with van der Waals surface area (Å²) in [6.07, 6.45) is 6.54. The standard InChI is InChI=1S/C28H33N5O3/c1-16-8-9-22(31-16)28(36)32-13-11-19(14-17(32)2)26(34)25-18(3)33(24-15-30-12-10-20(24)25)23-7-5-4-6-21(23)27(29)35/h4-7,10,12,15-17,19,22,31H,8-9,11,13-14H2,1-3H3,(H2,29,35)/t16-,17+,19-,22+/m1/s1. The van der Waals surface area contributed by atoms with E-state index in [4.69, 9.17) is 5.73 Å². The predicted molar refractivity (Wildman–Crippen MR) is 138 cm³/mol. The lowest BCUT2D eigenvalue weighted by Crippen LogP contribution is -2.52. The van der Waals surface area contributed by atoms with Gasteiger partial charge in [0, 0.05) is 47.4 Å². The molecule has 0 aliphatic carbocycles. The van der Waals surface area contributed by atoms with Crippen molar-refractivity contribution in [3.05, 3.63) is 59.5 Å². The van der Waals surface area contributed by atoms with Crippen molar-refractivity contribution in [3.63, 3.8) is 0 Å². The number of piperidine rings is 1. The number of para-hydroxylation sites is 1. The monoisotopic (exact) mass is 487 g/mol. The van der Waals surface area contributed by atoms with E-state index in [1.807, 2.05) is 41.5 Å². The first-order chi connectivity index (χ1) is 17.3. The number of nitrogens with two attached hydrogens (primary N) is 1. The Kier molecular flexibility index (Phi) is 6.38. The number of rotatable bonds is 5. The van der Waals surface area contributed by atoms with Crippen LogP contribution >= 0.6 is 0 Å². The predicted octanol–water partition coefficient (Wildman–Crippen LogP) is 3.38. The fourth-order valence-electron chi connectivity index (χ4n) is 6.03. The van der Waals surface area contributed by atoms with E-state index < -0.39 is 5.91 Å². The molecule has 3 N–H and O–H groups in total. The summed E-state index contributed by atoms with van der Waals surface area (Å²) in [7, 11) is 0. The summed E-state index contributed by atoms with van der Waals surface area (Å²) in [4.78, 5) is 45.5. The van der Waals surface area contributed by atoms with E-state index in [0.717, 1.165) is 29.4 Å². The van der Waals surface area contributed by atoms with Crippen molar-refractivity contribution in [3.8, 4) is 5.69 Å². The van der Waals surface area contributed by atoms with Crippen LogP contribution in [0.1, 0.15) is 65.9 Å². The second kappa shape index (κ2) is 9.50. The van der Waals surface area contributed by atoms with Crippen molar-refractivity contribution in [1.29, 1.82) is 0 Å². The van der Waals surface area contributed by atoms with E-state index in [0.29, 0.717) is 42.2 Å². The number of hydrogen-bond donors (Lipinski definition) is 2. The van der Waals surface area contributed by atoms with E-state index >= 15 is 0 Å². The second-order valence-electron chi connectivity index (χ2n) is 10.2. The van der Waals surface area contributed by atoms with Crippen molar-refractivity contribution in [2.45, 2.75) is 64.6 Å². The Morgan fingerprint density at radius 2 is 1.86 bits per heavy atom. The maximum atomic E-state index is 14.0. The summed E-state index contributed by atoms with van der Waals surface area (Å²) < 4.78 is 1.91. The van der Waals surface area contributed by atoms with Crippen LogP contribution in [0.15, 0.2) is 42.7 Å². The Balaban J connectivity index is 1.46. The number of Topliss-reactive ketones (excluding diaryl/α,β-unsaturated/α-hetero) is 1. The first kappa shape index (κ1) is 24.2. The Morgan fingerprint density at radius 3 is 2.56 bits per heavy atom. The van der Waals surface area contributed by atoms with Crippen LogP contribution in [0, 0.1) is 12.8 Å². The van der Waals surface area contributed by atoms with Crippen molar-refractivity contribution >= 4 is 28.5 Å². The molecule has 2 amide bonds. The van der Waals surface area contributed by atoms with Crippen LogP contribution in [-0.2, 0) is 4.79 Å². The Morgan fingerprint density at radius 1 is 1.08 bits per heavy atom. The smallest absolute Gasteiger partial charge is 0.250 e. The largest absolute Gasteiger partial charge is 0.366 e. The minimum atomic E-state index is -0.527. The highest BCUT2D eigenvalue weighted by atomic mass is 16.2. The van der Waals surface area contributed by atoms with E-state index in [-0.39, 0.29) is 29.7 Å². The van der Waals surface area contributed by atoms with Gasteiger partial charge in [-0.25, -0.2) is 0 Å². The van der Waals surface area contributed by atoms with Crippen LogP contribution in [0.3, 0.4) is 0 Å². The normalized spacial score (nSPS) is 24.2. The number of pyridine rings is 1. The third-order valence-electron chi connectivity index (χ3n) is 7.87. The lowest BCUT2D eigenvalue weighted by molar-refractivity contribution is -0.136. The molecule has 36 heavy (non-hydrogen) atoms. The zero-order chi connectivity index (χ0) is 25.6. The van der Waals surface area contributed by atoms with Gasteiger partial charge in [0.15, 0.2) is 5.78 Å². The summed E-state index contributed by atoms with van der Waals surface area (Å²) in [5.74, 6) is -0.484. The molecule has 4 atom stereocenters. The number of primary amides is 1. The number of hydrogen-bond acceptors (Lipinski definition) is 5. The van der Waals surface area contributed by atoms with Crippen LogP contribution in [0.2, 0.25) is 0 Å². The Labute approximate surface area is 210 Å². The molecule has 8 nitrogen and oxygen atoms in total. The summed E-state index contributed by atoms with van der Waals surface area (Å²) in [5.41, 5.74) is 8.84. The van der Waals surface area contributed by atoms with Gasteiger partial charge in [0.1, 0.15) is 0 Å². The lowest BCUT2D eigenvalue weighted by Gasteiger charge is -2.38. The topological polar surface area (TPSA) is 110 Å². The van der Waals surface area contributed by atoms with Crippen LogP contribution in [0.4, 0.5) is 0 Å². The average molecular weight is 488 g/mol. The van der Waals surface area contributed by atoms with Gasteiger partial charge >= 0.3 is 0 Å². The molecule has 4 heterocycles. The molecule has 1 aromatic carbocycles. The third-order valence-corrected chi connectivity index (χ3v) is 7.87. The molecule has 0 bridgehead atoms. The van der Waals surface area contributed by atoms with Crippen molar-refractivity contribution in [2.24, 2.45) is 11.7 Å². The summed E-state index contributed by atoms with van der Waals surface area (Å²) in [6.45, 7) is 6.63. The Bertz CT molecular complexity index is 1350. The number of ketones is 1. The fraction of sp³-hybridized carbons (Fsp3) is 0.429. The summed E-state index contributed by atoms with van der Waals surface area (Å²) in [6, 6.07) is 9.23. The zero-order valence-electron chi connectivity index (χ0n) is 21.0. The Hall–Kier alpha value is -3.52. The molecule has 2 aliphatic rings. The quantitative estimate of drug-likeness (QED) is 0.536. The molecule has 5 rings (SSSR count). The molecule has 0 saturated carbocycles. The van der Waals surface area contributed by atoms with Crippen LogP contribution in [0.5, 0.6) is 0 Å². The molecule has 2 aliphatic heterocycles. The molecule has 2 aromatic heterocycles. The van der Waals surface area contributed by atoms with Gasteiger partial charge in [-0.1, -0.05) is 12.1 Å². The third kappa shape index (κ3) is 4.09. The van der Waals surface area contributed by atoms with Gasteiger partial charge < -0.3 is 20.5 Å². The maximum Gasteiger partial charge on any atom is 0.250 e. The maximum absolute atomic E-state index is 14.0. The molecular formula is C28H33N5O3. The molecule has 2 saturated heterocycles. The van der Waals surface area contributed by atoms with E-state index in [9.17, 15) is 14.4 Å². The van der Waals surface area contributed by atoms with Gasteiger partial charge in [-0.3, -0.25) is 19.4 Å². The highest BCUT2D eigenvalue weighted by molar-refractivity contribution is 6.11. The van der Waals surface area contributed by atoms with Gasteiger partial charge in [-0.15, -0.1) is 0 Å². The first-order valence-electron chi connectivity index (χ1n) is 12.7. The molecule has 3 aromatic rings. The molecule has 0 unspecified atom stereocenters. The van der Waals surface area contributed by atoms with Gasteiger partial charge in [0.25, 0.3) is 5.91 Å². The molecule has 188 valence electrons. The van der Waals surface area contributed by atoms with Gasteiger partial charge in [-0.2, -0.15) is 0 Å². The molecule has 2 fully saturated rings. The number of carbonyl (C=O) groups excluding carboxylic acids is 3. The molecule has 0 radical (unpaired) electrons. The van der Waals surface area contributed by atoms with Crippen molar-refractivity contribution < 1.29 is 14.4 Å². The minimum absolute atomic E-state index is 0.0104. The lowest BCUT2D eigenvalue weighted by atomic mass is 9.84. The van der Waals surface area contributed by atoms with Gasteiger partial charge in [-0.05, 0) is 64.7 Å². The van der Waals surface area contributed by atoms with Crippen LogP contribution in [0.25, 0.3) is 16.6 Å². The second-order valence-corrected chi connectivity index (χ2v) is 10.2. The number of nitrogens with one attached hydrogen (secondary N) is 1. The fourth-order valence-corrected chi connectivity index (χ4v) is 6.03. The average Bonchev–Trinajstić information content (AvgIpc) is 3.43. The van der Waals surface area contributed by atoms with Crippen molar-refractivity contribution in [1.82, 2.24) is 19.8 Å². The number of nitrogens with zero attached hydrogens (tertiary/aromatic N) is 3. The number of benzene rings is 1. The highest BCUT2D eigenvalue weighted by Crippen LogP contribution is 2.35. The number of aromatic nitrogens is 2. The number of amides is 2. The van der Waals surface area contributed by atoms with Gasteiger partial charge in [0.2, 0.25) is 5.91 Å². The SMILES string of the molecule is Cc1c(C(=O)[C@@H]2CCN(C(=O)[C@@H]3CC[C@@H](C)N3)[C@@H](C)C2)c2ccncc2n1-c1ccccc1C(N)=O. The molecule has 0 spiro atoms. The van der Waals surface area contributed by atoms with Crippen LogP contribution < -0.4 is 11.1 Å². The summed E-state index contributed by atoms with van der Waals surface area (Å²) >= 11 is 0. The number of likely N-dealkylation sites (tertiary alicyclic amines) is 1.